The molecule has 6 rings (SSSR count). The average Bonchev–Trinajstić information content (AvgIpc) is 3.05. The molecule has 6 aromatic rings. The third-order valence-electron chi connectivity index (χ3n) is 7.81. The van der Waals surface area contributed by atoms with Crippen LogP contribution in [0.1, 0.15) is 44.5 Å². The molecule has 0 heterocycles. The third kappa shape index (κ3) is 6.09. The van der Waals surface area contributed by atoms with Crippen molar-refractivity contribution in [3.63, 3.8) is 0 Å². The van der Waals surface area contributed by atoms with Crippen molar-refractivity contribution in [2.45, 2.75) is 13.8 Å². The highest BCUT2D eigenvalue weighted by atomic mass is 14.1. The third-order valence-corrected chi connectivity index (χ3v) is 7.81. The van der Waals surface area contributed by atoms with E-state index in [1.807, 2.05) is 0 Å². The number of aryl methyl sites for hydroxylation is 2. The molecular formula is C42H34. The van der Waals surface area contributed by atoms with E-state index >= 15 is 0 Å². The highest BCUT2D eigenvalue weighted by Gasteiger charge is 2.10. The Morgan fingerprint density at radius 2 is 0.643 bits per heavy atom. The van der Waals surface area contributed by atoms with E-state index in [9.17, 15) is 0 Å². The topological polar surface area (TPSA) is 0 Å². The normalized spacial score (nSPS) is 10.6. The molecule has 0 saturated heterocycles. The standard InChI is InChI=1S/C42H34/c1-31-27-39(25-23-37(31)29-41(33-15-7-3-8-16-33)34-17-9-4-10-18-34)40-26-24-38(32(2)28-40)30-42(35-19-11-5-12-20-35)36-21-13-6-14-22-36/h3-30H,1-2H3. The summed E-state index contributed by atoms with van der Waals surface area (Å²) in [6, 6.07) is 56.2. The lowest BCUT2D eigenvalue weighted by atomic mass is 9.91. The second-order valence-corrected chi connectivity index (χ2v) is 10.7. The smallest absolute Gasteiger partial charge is 0.0105 e. The summed E-state index contributed by atoms with van der Waals surface area (Å²) in [6.45, 7) is 4.41. The van der Waals surface area contributed by atoms with Gasteiger partial charge in [-0.05, 0) is 92.8 Å². The van der Waals surface area contributed by atoms with E-state index in [-0.39, 0.29) is 0 Å². The van der Waals surface area contributed by atoms with Gasteiger partial charge < -0.3 is 0 Å². The minimum Gasteiger partial charge on any atom is -0.0622 e. The van der Waals surface area contributed by atoms with Crippen LogP contribution in [-0.2, 0) is 0 Å². The Morgan fingerprint density at radius 3 is 0.905 bits per heavy atom. The molecule has 0 unspecified atom stereocenters. The molecule has 0 saturated carbocycles. The van der Waals surface area contributed by atoms with Gasteiger partial charge in [0.15, 0.2) is 0 Å². The van der Waals surface area contributed by atoms with Crippen LogP contribution in [0.15, 0.2) is 158 Å². The zero-order valence-electron chi connectivity index (χ0n) is 24.2. The lowest BCUT2D eigenvalue weighted by Crippen LogP contribution is -1.91. The second kappa shape index (κ2) is 12.5. The Hall–Kier alpha value is -5.20. The van der Waals surface area contributed by atoms with Gasteiger partial charge in [0, 0.05) is 0 Å². The first-order chi connectivity index (χ1) is 20.7. The SMILES string of the molecule is Cc1cc(-c2ccc(C=C(c3ccccc3)c3ccccc3)c(C)c2)ccc1C=C(c1ccccc1)c1ccccc1. The van der Waals surface area contributed by atoms with Crippen LogP contribution in [-0.4, -0.2) is 0 Å². The Bertz CT molecular complexity index is 1620. The highest BCUT2D eigenvalue weighted by Crippen LogP contribution is 2.32. The molecule has 0 aromatic heterocycles. The van der Waals surface area contributed by atoms with Crippen molar-refractivity contribution in [2.24, 2.45) is 0 Å². The van der Waals surface area contributed by atoms with Gasteiger partial charge in [0.2, 0.25) is 0 Å². The van der Waals surface area contributed by atoms with Crippen LogP contribution in [0.2, 0.25) is 0 Å². The average molecular weight is 539 g/mol. The van der Waals surface area contributed by atoms with Crippen LogP contribution < -0.4 is 0 Å². The summed E-state index contributed by atoms with van der Waals surface area (Å²) in [5.74, 6) is 0. The molecule has 0 aliphatic heterocycles. The molecule has 0 heteroatoms. The number of rotatable bonds is 7. The Morgan fingerprint density at radius 1 is 0.357 bits per heavy atom. The molecule has 0 fully saturated rings. The molecule has 0 spiro atoms. The molecule has 0 bridgehead atoms. The van der Waals surface area contributed by atoms with Crippen molar-refractivity contribution < 1.29 is 0 Å². The summed E-state index contributed by atoms with van der Waals surface area (Å²) in [4.78, 5) is 0. The highest BCUT2D eigenvalue weighted by molar-refractivity contribution is 5.93. The molecule has 0 amide bonds. The maximum absolute atomic E-state index is 2.32. The number of hydrogen-bond acceptors (Lipinski definition) is 0. The van der Waals surface area contributed by atoms with Crippen LogP contribution in [0, 0.1) is 13.8 Å². The van der Waals surface area contributed by atoms with Gasteiger partial charge in [0.1, 0.15) is 0 Å². The van der Waals surface area contributed by atoms with Gasteiger partial charge in [0.05, 0.1) is 0 Å². The molecule has 6 aromatic carbocycles. The summed E-state index contributed by atoms with van der Waals surface area (Å²) in [5, 5.41) is 0. The van der Waals surface area contributed by atoms with Gasteiger partial charge in [0.25, 0.3) is 0 Å². The molecule has 0 radical (unpaired) electrons. The largest absolute Gasteiger partial charge is 0.0622 e. The second-order valence-electron chi connectivity index (χ2n) is 10.7. The summed E-state index contributed by atoms with van der Waals surface area (Å²) >= 11 is 0. The summed E-state index contributed by atoms with van der Waals surface area (Å²) in [6.07, 6.45) is 4.63. The predicted octanol–water partition coefficient (Wildman–Crippen LogP) is 11.1. The van der Waals surface area contributed by atoms with Crippen LogP contribution in [0.25, 0.3) is 34.4 Å². The number of benzene rings is 6. The van der Waals surface area contributed by atoms with Crippen molar-refractivity contribution in [2.75, 3.05) is 0 Å². The van der Waals surface area contributed by atoms with Crippen LogP contribution >= 0.6 is 0 Å². The molecule has 0 N–H and O–H groups in total. The van der Waals surface area contributed by atoms with Crippen molar-refractivity contribution in [1.29, 1.82) is 0 Å². The van der Waals surface area contributed by atoms with Crippen molar-refractivity contribution in [3.8, 4) is 11.1 Å². The van der Waals surface area contributed by atoms with Gasteiger partial charge in [-0.15, -0.1) is 0 Å². The lowest BCUT2D eigenvalue weighted by Gasteiger charge is -2.13. The maximum Gasteiger partial charge on any atom is -0.0105 e. The monoisotopic (exact) mass is 538 g/mol. The Balaban J connectivity index is 1.34. The van der Waals surface area contributed by atoms with Gasteiger partial charge in [-0.1, -0.05) is 158 Å². The van der Waals surface area contributed by atoms with Crippen LogP contribution in [0.4, 0.5) is 0 Å². The predicted molar refractivity (Wildman–Crippen MR) is 181 cm³/mol. The fourth-order valence-corrected chi connectivity index (χ4v) is 5.48. The molecule has 0 aliphatic carbocycles. The molecule has 0 atom stereocenters. The zero-order chi connectivity index (χ0) is 28.7. The maximum atomic E-state index is 2.32. The molecule has 0 aliphatic rings. The fraction of sp³-hybridized carbons (Fsp3) is 0.0476. The zero-order valence-corrected chi connectivity index (χ0v) is 24.2. The minimum absolute atomic E-state index is 1.22. The first kappa shape index (κ1) is 27.0. The summed E-state index contributed by atoms with van der Waals surface area (Å²) < 4.78 is 0. The lowest BCUT2D eigenvalue weighted by molar-refractivity contribution is 1.41. The van der Waals surface area contributed by atoms with E-state index in [1.54, 1.807) is 0 Å². The minimum atomic E-state index is 1.22. The molecule has 0 nitrogen and oxygen atoms in total. The molecule has 202 valence electrons. The van der Waals surface area contributed by atoms with Crippen molar-refractivity contribution in [1.82, 2.24) is 0 Å². The Labute approximate surface area is 250 Å². The molecule has 42 heavy (non-hydrogen) atoms. The van der Waals surface area contributed by atoms with Crippen molar-refractivity contribution >= 4 is 23.3 Å². The van der Waals surface area contributed by atoms with Gasteiger partial charge in [-0.3, -0.25) is 0 Å². The fourth-order valence-electron chi connectivity index (χ4n) is 5.48. The van der Waals surface area contributed by atoms with Crippen molar-refractivity contribution in [3.05, 3.63) is 202 Å². The number of hydrogen-bond donors (Lipinski definition) is 0. The molecular weight excluding hydrogens is 504 g/mol. The van der Waals surface area contributed by atoms with E-state index in [1.165, 1.54) is 66.8 Å². The Kier molecular flexibility index (Phi) is 8.06. The van der Waals surface area contributed by atoms with E-state index in [2.05, 4.69) is 184 Å². The quantitative estimate of drug-likeness (QED) is 0.177. The first-order valence-electron chi connectivity index (χ1n) is 14.5. The summed E-state index contributed by atoms with van der Waals surface area (Å²) in [5.41, 5.74) is 14.8. The van der Waals surface area contributed by atoms with Gasteiger partial charge in [-0.25, -0.2) is 0 Å². The van der Waals surface area contributed by atoms with Gasteiger partial charge in [-0.2, -0.15) is 0 Å². The van der Waals surface area contributed by atoms with Crippen LogP contribution in [0.5, 0.6) is 0 Å². The van der Waals surface area contributed by atoms with E-state index in [0.717, 1.165) is 0 Å². The first-order valence-corrected chi connectivity index (χ1v) is 14.5. The van der Waals surface area contributed by atoms with Gasteiger partial charge >= 0.3 is 0 Å². The van der Waals surface area contributed by atoms with E-state index < -0.39 is 0 Å². The van der Waals surface area contributed by atoms with E-state index in [0.29, 0.717) is 0 Å². The van der Waals surface area contributed by atoms with E-state index in [4.69, 9.17) is 0 Å². The van der Waals surface area contributed by atoms with Crippen LogP contribution in [0.3, 0.4) is 0 Å². The summed E-state index contributed by atoms with van der Waals surface area (Å²) in [7, 11) is 0.